The summed E-state index contributed by atoms with van der Waals surface area (Å²) in [5.74, 6) is 0.794. The van der Waals surface area contributed by atoms with Crippen LogP contribution in [-0.4, -0.2) is 33.8 Å². The lowest BCUT2D eigenvalue weighted by molar-refractivity contribution is 0.628. The van der Waals surface area contributed by atoms with E-state index in [1.54, 1.807) is 30.7 Å². The monoisotopic (exact) mass is 324 g/mol. The third kappa shape index (κ3) is 4.22. The SMILES string of the molecule is CN(CCc1ccncc1)c1cnnc(Nc2ccc(F)cc2)n1. The van der Waals surface area contributed by atoms with Gasteiger partial charge in [-0.3, -0.25) is 4.98 Å². The van der Waals surface area contributed by atoms with Gasteiger partial charge in [0.1, 0.15) is 5.82 Å². The molecule has 0 fully saturated rings. The normalized spacial score (nSPS) is 10.4. The van der Waals surface area contributed by atoms with Gasteiger partial charge in [0, 0.05) is 31.7 Å². The Morgan fingerprint density at radius 2 is 1.83 bits per heavy atom. The number of likely N-dealkylation sites (N-methyl/N-ethyl adjacent to an activating group) is 1. The minimum atomic E-state index is -0.288. The Morgan fingerprint density at radius 1 is 1.08 bits per heavy atom. The maximum atomic E-state index is 12.9. The highest BCUT2D eigenvalue weighted by molar-refractivity contribution is 5.54. The zero-order valence-corrected chi connectivity index (χ0v) is 13.2. The highest BCUT2D eigenvalue weighted by Crippen LogP contribution is 2.15. The second kappa shape index (κ2) is 7.45. The van der Waals surface area contributed by atoms with Crippen LogP contribution < -0.4 is 10.2 Å². The first-order valence-corrected chi connectivity index (χ1v) is 7.53. The number of hydrogen-bond donors (Lipinski definition) is 1. The standard InChI is InChI=1S/C17H17FN6/c1-24(11-8-13-6-9-19-10-7-13)16-12-20-23-17(22-16)21-15-4-2-14(18)3-5-15/h2-7,9-10,12H,8,11H2,1H3,(H,21,22,23). The van der Waals surface area contributed by atoms with E-state index in [2.05, 4.69) is 25.5 Å². The molecule has 122 valence electrons. The summed E-state index contributed by atoms with van der Waals surface area (Å²) < 4.78 is 12.9. The molecule has 0 atom stereocenters. The van der Waals surface area contributed by atoms with Crippen LogP contribution in [0.15, 0.2) is 55.0 Å². The van der Waals surface area contributed by atoms with Crippen molar-refractivity contribution < 1.29 is 4.39 Å². The Bertz CT molecular complexity index is 779. The summed E-state index contributed by atoms with van der Waals surface area (Å²) in [6.45, 7) is 0.790. The Balaban J connectivity index is 1.64. The Kier molecular flexibility index (Phi) is 4.90. The summed E-state index contributed by atoms with van der Waals surface area (Å²) in [6.07, 6.45) is 6.06. The van der Waals surface area contributed by atoms with Crippen LogP contribution in [0.2, 0.25) is 0 Å². The highest BCUT2D eigenvalue weighted by Gasteiger charge is 2.06. The number of nitrogens with zero attached hydrogens (tertiary/aromatic N) is 5. The predicted octanol–water partition coefficient (Wildman–Crippen LogP) is 2.83. The van der Waals surface area contributed by atoms with Gasteiger partial charge in [-0.1, -0.05) is 0 Å². The molecule has 2 aromatic heterocycles. The molecule has 0 radical (unpaired) electrons. The van der Waals surface area contributed by atoms with Crippen LogP contribution in [0.1, 0.15) is 5.56 Å². The minimum absolute atomic E-state index is 0.288. The number of pyridine rings is 1. The fraction of sp³-hybridized carbons (Fsp3) is 0.176. The molecule has 0 saturated carbocycles. The zero-order chi connectivity index (χ0) is 16.8. The number of halogens is 1. The second-order valence-corrected chi connectivity index (χ2v) is 5.30. The third-order valence-electron chi connectivity index (χ3n) is 3.52. The van der Waals surface area contributed by atoms with Gasteiger partial charge >= 0.3 is 0 Å². The van der Waals surface area contributed by atoms with Crippen molar-refractivity contribution in [2.45, 2.75) is 6.42 Å². The van der Waals surface area contributed by atoms with Crippen molar-refractivity contribution in [1.29, 1.82) is 0 Å². The minimum Gasteiger partial charge on any atom is -0.358 e. The maximum Gasteiger partial charge on any atom is 0.249 e. The average molecular weight is 324 g/mol. The van der Waals surface area contributed by atoms with Crippen molar-refractivity contribution in [3.05, 3.63) is 66.4 Å². The molecule has 0 amide bonds. The first-order valence-electron chi connectivity index (χ1n) is 7.53. The number of nitrogens with one attached hydrogen (secondary N) is 1. The van der Waals surface area contributed by atoms with E-state index in [0.717, 1.165) is 13.0 Å². The van der Waals surface area contributed by atoms with E-state index in [1.165, 1.54) is 17.7 Å². The first-order chi connectivity index (χ1) is 11.7. The van der Waals surface area contributed by atoms with E-state index < -0.39 is 0 Å². The van der Waals surface area contributed by atoms with Crippen LogP contribution in [0.4, 0.5) is 21.8 Å². The average Bonchev–Trinajstić information content (AvgIpc) is 2.63. The molecule has 6 nitrogen and oxygen atoms in total. The molecule has 3 rings (SSSR count). The topological polar surface area (TPSA) is 66.8 Å². The van der Waals surface area contributed by atoms with E-state index in [-0.39, 0.29) is 5.82 Å². The number of hydrogen-bond acceptors (Lipinski definition) is 6. The molecule has 3 aromatic rings. The molecule has 0 aliphatic heterocycles. The lowest BCUT2D eigenvalue weighted by Crippen LogP contribution is -2.22. The van der Waals surface area contributed by atoms with Crippen LogP contribution in [-0.2, 0) is 6.42 Å². The molecular formula is C17H17FN6. The van der Waals surface area contributed by atoms with Gasteiger partial charge in [0.25, 0.3) is 0 Å². The van der Waals surface area contributed by atoms with E-state index >= 15 is 0 Å². The number of rotatable bonds is 6. The van der Waals surface area contributed by atoms with E-state index in [0.29, 0.717) is 17.5 Å². The molecule has 1 aromatic carbocycles. The van der Waals surface area contributed by atoms with Crippen molar-refractivity contribution in [1.82, 2.24) is 20.2 Å². The van der Waals surface area contributed by atoms with Crippen molar-refractivity contribution >= 4 is 17.5 Å². The number of benzene rings is 1. The molecular weight excluding hydrogens is 307 g/mol. The van der Waals surface area contributed by atoms with Crippen molar-refractivity contribution in [2.75, 3.05) is 23.8 Å². The van der Waals surface area contributed by atoms with Crippen LogP contribution in [0.5, 0.6) is 0 Å². The number of anilines is 3. The van der Waals surface area contributed by atoms with E-state index in [9.17, 15) is 4.39 Å². The summed E-state index contributed by atoms with van der Waals surface area (Å²) in [5.41, 5.74) is 1.92. The molecule has 7 heteroatoms. The van der Waals surface area contributed by atoms with Crippen LogP contribution in [0, 0.1) is 5.82 Å². The molecule has 0 aliphatic carbocycles. The van der Waals surface area contributed by atoms with Crippen LogP contribution >= 0.6 is 0 Å². The van der Waals surface area contributed by atoms with Crippen LogP contribution in [0.25, 0.3) is 0 Å². The molecule has 0 spiro atoms. The van der Waals surface area contributed by atoms with E-state index in [1.807, 2.05) is 24.1 Å². The van der Waals surface area contributed by atoms with Crippen LogP contribution in [0.3, 0.4) is 0 Å². The lowest BCUT2D eigenvalue weighted by atomic mass is 10.2. The predicted molar refractivity (Wildman–Crippen MR) is 90.7 cm³/mol. The fourth-order valence-electron chi connectivity index (χ4n) is 2.15. The molecule has 24 heavy (non-hydrogen) atoms. The molecule has 0 aliphatic rings. The van der Waals surface area contributed by atoms with Gasteiger partial charge in [-0.25, -0.2) is 4.39 Å². The molecule has 0 saturated heterocycles. The largest absolute Gasteiger partial charge is 0.358 e. The fourth-order valence-corrected chi connectivity index (χ4v) is 2.15. The highest BCUT2D eigenvalue weighted by atomic mass is 19.1. The summed E-state index contributed by atoms with van der Waals surface area (Å²) in [7, 11) is 1.95. The van der Waals surface area contributed by atoms with Crippen molar-refractivity contribution in [3.63, 3.8) is 0 Å². The third-order valence-corrected chi connectivity index (χ3v) is 3.52. The summed E-state index contributed by atoms with van der Waals surface area (Å²) >= 11 is 0. The van der Waals surface area contributed by atoms with Gasteiger partial charge < -0.3 is 10.2 Å². The van der Waals surface area contributed by atoms with Gasteiger partial charge in [0.2, 0.25) is 5.95 Å². The summed E-state index contributed by atoms with van der Waals surface area (Å²) in [6, 6.07) is 9.99. The number of aromatic nitrogens is 4. The molecule has 1 N–H and O–H groups in total. The van der Waals surface area contributed by atoms with E-state index in [4.69, 9.17) is 0 Å². The Morgan fingerprint density at radius 3 is 2.58 bits per heavy atom. The van der Waals surface area contributed by atoms with Gasteiger partial charge in [0.15, 0.2) is 5.82 Å². The summed E-state index contributed by atoms with van der Waals surface area (Å²) in [4.78, 5) is 10.5. The van der Waals surface area contributed by atoms with Gasteiger partial charge in [0.05, 0.1) is 6.20 Å². The molecule has 0 bridgehead atoms. The second-order valence-electron chi connectivity index (χ2n) is 5.30. The lowest BCUT2D eigenvalue weighted by Gasteiger charge is -2.18. The smallest absolute Gasteiger partial charge is 0.249 e. The van der Waals surface area contributed by atoms with Crippen molar-refractivity contribution in [3.8, 4) is 0 Å². The molecule has 2 heterocycles. The Labute approximate surface area is 139 Å². The quantitative estimate of drug-likeness (QED) is 0.752. The molecule has 0 unspecified atom stereocenters. The Hall–Kier alpha value is -3.09. The van der Waals surface area contributed by atoms with Crippen molar-refractivity contribution in [2.24, 2.45) is 0 Å². The zero-order valence-electron chi connectivity index (χ0n) is 13.2. The first kappa shape index (κ1) is 15.8. The van der Waals surface area contributed by atoms with Gasteiger partial charge in [-0.2, -0.15) is 10.1 Å². The van der Waals surface area contributed by atoms with Gasteiger partial charge in [-0.15, -0.1) is 5.10 Å². The summed E-state index contributed by atoms with van der Waals surface area (Å²) in [5, 5.41) is 10.9. The van der Waals surface area contributed by atoms with Gasteiger partial charge in [-0.05, 0) is 48.4 Å². The maximum absolute atomic E-state index is 12.9.